The van der Waals surface area contributed by atoms with Gasteiger partial charge in [0.15, 0.2) is 0 Å². The molecule has 1 unspecified atom stereocenters. The summed E-state index contributed by atoms with van der Waals surface area (Å²) in [6.45, 7) is 2.46. The van der Waals surface area contributed by atoms with Crippen LogP contribution in [0.5, 0.6) is 0 Å². The molecule has 0 aliphatic heterocycles. The average molecular weight is 393 g/mol. The molecule has 0 aromatic heterocycles. The van der Waals surface area contributed by atoms with Crippen LogP contribution in [-0.2, 0) is 9.59 Å². The summed E-state index contributed by atoms with van der Waals surface area (Å²) >= 11 is 0. The molecule has 0 spiro atoms. The van der Waals surface area contributed by atoms with Crippen molar-refractivity contribution in [2.75, 3.05) is 0 Å². The molecule has 28 heavy (non-hydrogen) atoms. The standard InChI is InChI=1S/C26H48O2/c1-25-18-21-26(24-25,19-14-10-6-2-4-8-12-16-22-27)20-15-11-7-3-5-9-13-17-23-28/h22-23,25H,2-21,24H2,1H3. The largest absolute Gasteiger partial charge is 0.303 e. The van der Waals surface area contributed by atoms with Gasteiger partial charge in [0.2, 0.25) is 0 Å². The fraction of sp³-hybridized carbons (Fsp3) is 0.923. The number of carbonyl (C=O) groups is 2. The molecule has 0 heterocycles. The van der Waals surface area contributed by atoms with E-state index < -0.39 is 0 Å². The van der Waals surface area contributed by atoms with Crippen LogP contribution in [0.4, 0.5) is 0 Å². The van der Waals surface area contributed by atoms with E-state index in [1.165, 1.54) is 109 Å². The van der Waals surface area contributed by atoms with Gasteiger partial charge in [0, 0.05) is 12.8 Å². The summed E-state index contributed by atoms with van der Waals surface area (Å²) in [7, 11) is 0. The first kappa shape index (κ1) is 25.4. The minimum Gasteiger partial charge on any atom is -0.303 e. The summed E-state index contributed by atoms with van der Waals surface area (Å²) in [4.78, 5) is 20.6. The lowest BCUT2D eigenvalue weighted by atomic mass is 9.76. The van der Waals surface area contributed by atoms with Crippen molar-refractivity contribution in [2.24, 2.45) is 11.3 Å². The molecular formula is C26H48O2. The molecule has 1 aliphatic rings. The fourth-order valence-electron chi connectivity index (χ4n) is 5.30. The Labute approximate surface area is 175 Å². The van der Waals surface area contributed by atoms with E-state index in [-0.39, 0.29) is 0 Å². The van der Waals surface area contributed by atoms with Crippen molar-refractivity contribution in [1.82, 2.24) is 0 Å². The highest BCUT2D eigenvalue weighted by molar-refractivity contribution is 5.49. The third kappa shape index (κ3) is 12.7. The summed E-state index contributed by atoms with van der Waals surface area (Å²) in [5.41, 5.74) is 0.674. The minimum atomic E-state index is 0.674. The van der Waals surface area contributed by atoms with Crippen molar-refractivity contribution >= 4 is 12.6 Å². The van der Waals surface area contributed by atoms with Crippen LogP contribution in [0.15, 0.2) is 0 Å². The molecule has 0 bridgehead atoms. The van der Waals surface area contributed by atoms with Gasteiger partial charge in [-0.1, -0.05) is 90.4 Å². The van der Waals surface area contributed by atoms with Crippen LogP contribution in [-0.4, -0.2) is 12.6 Å². The lowest BCUT2D eigenvalue weighted by Crippen LogP contribution is -2.17. The zero-order chi connectivity index (χ0) is 20.3. The highest BCUT2D eigenvalue weighted by atomic mass is 16.1. The number of rotatable bonds is 20. The van der Waals surface area contributed by atoms with Gasteiger partial charge in [-0.05, 0) is 49.9 Å². The molecule has 1 aliphatic carbocycles. The van der Waals surface area contributed by atoms with E-state index in [1.54, 1.807) is 0 Å². The predicted molar refractivity (Wildman–Crippen MR) is 121 cm³/mol. The van der Waals surface area contributed by atoms with Crippen molar-refractivity contribution in [3.05, 3.63) is 0 Å². The van der Waals surface area contributed by atoms with Gasteiger partial charge in [0.05, 0.1) is 0 Å². The molecule has 0 radical (unpaired) electrons. The fourth-order valence-corrected chi connectivity index (χ4v) is 5.30. The van der Waals surface area contributed by atoms with Crippen molar-refractivity contribution in [3.8, 4) is 0 Å². The highest BCUT2D eigenvalue weighted by Crippen LogP contribution is 2.49. The minimum absolute atomic E-state index is 0.674. The van der Waals surface area contributed by atoms with Gasteiger partial charge in [-0.25, -0.2) is 0 Å². The maximum Gasteiger partial charge on any atom is 0.119 e. The van der Waals surface area contributed by atoms with E-state index in [0.717, 1.165) is 44.2 Å². The van der Waals surface area contributed by atoms with E-state index in [9.17, 15) is 9.59 Å². The van der Waals surface area contributed by atoms with Crippen molar-refractivity contribution in [2.45, 2.75) is 142 Å². The summed E-state index contributed by atoms with van der Waals surface area (Å²) < 4.78 is 0. The van der Waals surface area contributed by atoms with Crippen LogP contribution in [0.25, 0.3) is 0 Å². The number of aldehydes is 2. The third-order valence-corrected chi connectivity index (χ3v) is 7.01. The second-order valence-corrected chi connectivity index (χ2v) is 9.71. The molecule has 164 valence electrons. The molecule has 2 nitrogen and oxygen atoms in total. The molecule has 1 saturated carbocycles. The number of carbonyl (C=O) groups excluding carboxylic acids is 2. The van der Waals surface area contributed by atoms with Gasteiger partial charge < -0.3 is 9.59 Å². The molecule has 0 saturated heterocycles. The van der Waals surface area contributed by atoms with E-state index >= 15 is 0 Å². The van der Waals surface area contributed by atoms with Crippen LogP contribution in [0, 0.1) is 11.3 Å². The number of hydrogen-bond donors (Lipinski definition) is 0. The molecule has 0 N–H and O–H groups in total. The van der Waals surface area contributed by atoms with E-state index in [1.807, 2.05) is 0 Å². The van der Waals surface area contributed by atoms with E-state index in [4.69, 9.17) is 0 Å². The first-order valence-electron chi connectivity index (χ1n) is 12.6. The Morgan fingerprint density at radius 3 is 1.39 bits per heavy atom. The Bertz CT molecular complexity index is 351. The zero-order valence-electron chi connectivity index (χ0n) is 18.9. The highest BCUT2D eigenvalue weighted by Gasteiger charge is 2.35. The topological polar surface area (TPSA) is 34.1 Å². The number of hydrogen-bond acceptors (Lipinski definition) is 2. The van der Waals surface area contributed by atoms with Gasteiger partial charge in [0.1, 0.15) is 12.6 Å². The summed E-state index contributed by atoms with van der Waals surface area (Å²) in [5, 5.41) is 0. The van der Waals surface area contributed by atoms with E-state index in [2.05, 4.69) is 6.92 Å². The molecule has 1 rings (SSSR count). The molecule has 0 amide bonds. The molecule has 1 fully saturated rings. The quantitative estimate of drug-likeness (QED) is 0.154. The van der Waals surface area contributed by atoms with Gasteiger partial charge in [-0.2, -0.15) is 0 Å². The second kappa shape index (κ2) is 17.2. The molecule has 1 atom stereocenters. The average Bonchev–Trinajstić information content (AvgIpc) is 3.06. The van der Waals surface area contributed by atoms with Crippen LogP contribution in [0.2, 0.25) is 0 Å². The first-order chi connectivity index (χ1) is 13.7. The van der Waals surface area contributed by atoms with Gasteiger partial charge in [0.25, 0.3) is 0 Å². The zero-order valence-corrected chi connectivity index (χ0v) is 18.9. The third-order valence-electron chi connectivity index (χ3n) is 7.01. The monoisotopic (exact) mass is 392 g/mol. The van der Waals surface area contributed by atoms with Crippen LogP contribution in [0.1, 0.15) is 142 Å². The lowest BCUT2D eigenvalue weighted by molar-refractivity contribution is -0.108. The Morgan fingerprint density at radius 2 is 1.04 bits per heavy atom. The van der Waals surface area contributed by atoms with Crippen LogP contribution in [0.3, 0.4) is 0 Å². The van der Waals surface area contributed by atoms with Crippen molar-refractivity contribution < 1.29 is 9.59 Å². The van der Waals surface area contributed by atoms with Crippen molar-refractivity contribution in [3.63, 3.8) is 0 Å². The maximum absolute atomic E-state index is 10.3. The Morgan fingerprint density at radius 1 is 0.643 bits per heavy atom. The number of unbranched alkanes of at least 4 members (excludes halogenated alkanes) is 14. The summed E-state index contributed by atoms with van der Waals surface area (Å²) in [6, 6.07) is 0. The molecule has 2 heteroatoms. The molecule has 0 aromatic carbocycles. The van der Waals surface area contributed by atoms with Crippen LogP contribution < -0.4 is 0 Å². The van der Waals surface area contributed by atoms with E-state index in [0.29, 0.717) is 5.41 Å². The molecular weight excluding hydrogens is 344 g/mol. The molecule has 0 aromatic rings. The predicted octanol–water partition coefficient (Wildman–Crippen LogP) is 8.21. The van der Waals surface area contributed by atoms with Gasteiger partial charge in [-0.15, -0.1) is 0 Å². The smallest absolute Gasteiger partial charge is 0.119 e. The summed E-state index contributed by atoms with van der Waals surface area (Å²) in [5.74, 6) is 0.940. The first-order valence-corrected chi connectivity index (χ1v) is 12.6. The Balaban J connectivity index is 2.07. The maximum atomic E-state index is 10.3. The summed E-state index contributed by atoms with van der Waals surface area (Å²) in [6.07, 6.45) is 29.4. The van der Waals surface area contributed by atoms with Gasteiger partial charge in [-0.3, -0.25) is 0 Å². The Hall–Kier alpha value is -0.660. The Kier molecular flexibility index (Phi) is 15.6. The lowest BCUT2D eigenvalue weighted by Gasteiger charge is -2.30. The SMILES string of the molecule is CC1CCC(CCCCCCCCCC=O)(CCCCCCCCCC=O)C1. The van der Waals surface area contributed by atoms with Crippen LogP contribution >= 0.6 is 0 Å². The normalized spacial score (nSPS) is 18.4. The second-order valence-electron chi connectivity index (χ2n) is 9.71. The van der Waals surface area contributed by atoms with Gasteiger partial charge >= 0.3 is 0 Å². The van der Waals surface area contributed by atoms with Crippen molar-refractivity contribution in [1.29, 1.82) is 0 Å².